The standard InChI is InChI=1S/C17H15N3O3/c1-18-17(22)20-13-7-4-6-12(10-13)19-16(21)15-9-11-5-2-3-8-14(11)23-15/h2-10H,1H3,(H,19,21)(H2,18,20,22). The summed E-state index contributed by atoms with van der Waals surface area (Å²) in [6.07, 6.45) is 0. The van der Waals surface area contributed by atoms with E-state index < -0.39 is 0 Å². The molecule has 6 nitrogen and oxygen atoms in total. The van der Waals surface area contributed by atoms with Gasteiger partial charge in [-0.25, -0.2) is 4.79 Å². The van der Waals surface area contributed by atoms with Crippen LogP contribution in [0.4, 0.5) is 16.2 Å². The van der Waals surface area contributed by atoms with E-state index >= 15 is 0 Å². The summed E-state index contributed by atoms with van der Waals surface area (Å²) in [6.45, 7) is 0. The van der Waals surface area contributed by atoms with E-state index in [-0.39, 0.29) is 17.7 Å². The van der Waals surface area contributed by atoms with Gasteiger partial charge >= 0.3 is 6.03 Å². The van der Waals surface area contributed by atoms with Crippen molar-refractivity contribution < 1.29 is 14.0 Å². The lowest BCUT2D eigenvalue weighted by molar-refractivity contribution is 0.0998. The second-order valence-corrected chi connectivity index (χ2v) is 4.89. The van der Waals surface area contributed by atoms with Crippen LogP contribution in [0.5, 0.6) is 0 Å². The van der Waals surface area contributed by atoms with Gasteiger partial charge in [-0.15, -0.1) is 0 Å². The second kappa shape index (κ2) is 6.23. The number of nitrogens with one attached hydrogen (secondary N) is 3. The summed E-state index contributed by atoms with van der Waals surface area (Å²) in [4.78, 5) is 23.6. The van der Waals surface area contributed by atoms with Crippen LogP contribution >= 0.6 is 0 Å². The molecule has 3 rings (SSSR count). The summed E-state index contributed by atoms with van der Waals surface area (Å²) >= 11 is 0. The van der Waals surface area contributed by atoms with Gasteiger partial charge in [-0.2, -0.15) is 0 Å². The Morgan fingerprint density at radius 2 is 1.65 bits per heavy atom. The molecule has 2 aromatic carbocycles. The van der Waals surface area contributed by atoms with Crippen LogP contribution in [0.3, 0.4) is 0 Å². The molecule has 3 aromatic rings. The van der Waals surface area contributed by atoms with Gasteiger partial charge in [-0.05, 0) is 30.3 Å². The molecule has 0 fully saturated rings. The number of anilines is 2. The van der Waals surface area contributed by atoms with E-state index in [1.165, 1.54) is 7.05 Å². The van der Waals surface area contributed by atoms with Crippen molar-refractivity contribution in [1.29, 1.82) is 0 Å². The molecule has 0 aliphatic carbocycles. The molecule has 0 radical (unpaired) electrons. The Morgan fingerprint density at radius 1 is 0.913 bits per heavy atom. The maximum atomic E-state index is 12.3. The zero-order valence-electron chi connectivity index (χ0n) is 12.4. The highest BCUT2D eigenvalue weighted by Gasteiger charge is 2.12. The van der Waals surface area contributed by atoms with Crippen molar-refractivity contribution in [2.45, 2.75) is 0 Å². The predicted molar refractivity (Wildman–Crippen MR) is 88.7 cm³/mol. The van der Waals surface area contributed by atoms with Crippen LogP contribution < -0.4 is 16.0 Å². The summed E-state index contributed by atoms with van der Waals surface area (Å²) in [5, 5.41) is 8.72. The fourth-order valence-corrected chi connectivity index (χ4v) is 2.15. The minimum absolute atomic E-state index is 0.232. The minimum atomic E-state index is -0.349. The number of para-hydroxylation sites is 1. The van der Waals surface area contributed by atoms with Gasteiger partial charge in [0, 0.05) is 23.8 Å². The second-order valence-electron chi connectivity index (χ2n) is 4.89. The van der Waals surface area contributed by atoms with E-state index in [1.54, 1.807) is 36.4 Å². The monoisotopic (exact) mass is 309 g/mol. The lowest BCUT2D eigenvalue weighted by atomic mass is 10.2. The molecule has 23 heavy (non-hydrogen) atoms. The number of urea groups is 1. The topological polar surface area (TPSA) is 83.4 Å². The molecule has 1 aromatic heterocycles. The first-order chi connectivity index (χ1) is 11.2. The molecule has 1 heterocycles. The van der Waals surface area contributed by atoms with Crippen LogP contribution in [0, 0.1) is 0 Å². The third-order valence-electron chi connectivity index (χ3n) is 3.25. The summed E-state index contributed by atoms with van der Waals surface area (Å²) in [6, 6.07) is 15.6. The summed E-state index contributed by atoms with van der Waals surface area (Å²) in [5.74, 6) is -0.117. The van der Waals surface area contributed by atoms with E-state index in [9.17, 15) is 9.59 Å². The Balaban J connectivity index is 1.77. The van der Waals surface area contributed by atoms with Crippen LogP contribution in [0.2, 0.25) is 0 Å². The number of benzene rings is 2. The Morgan fingerprint density at radius 3 is 2.39 bits per heavy atom. The number of amides is 3. The fourth-order valence-electron chi connectivity index (χ4n) is 2.15. The number of carbonyl (C=O) groups is 2. The zero-order chi connectivity index (χ0) is 16.2. The highest BCUT2D eigenvalue weighted by molar-refractivity contribution is 6.05. The van der Waals surface area contributed by atoms with E-state index in [0.717, 1.165) is 5.39 Å². The smallest absolute Gasteiger partial charge is 0.318 e. The van der Waals surface area contributed by atoms with Crippen molar-refractivity contribution in [1.82, 2.24) is 5.32 Å². The Bertz CT molecular complexity index is 837. The molecule has 0 aliphatic rings. The first-order valence-electron chi connectivity index (χ1n) is 7.04. The molecule has 3 N–H and O–H groups in total. The van der Waals surface area contributed by atoms with Crippen LogP contribution in [0.15, 0.2) is 59.0 Å². The molecule has 6 heteroatoms. The van der Waals surface area contributed by atoms with Crippen molar-refractivity contribution in [3.05, 3.63) is 60.4 Å². The summed E-state index contributed by atoms with van der Waals surface area (Å²) < 4.78 is 5.52. The van der Waals surface area contributed by atoms with E-state index in [1.807, 2.05) is 18.2 Å². The quantitative estimate of drug-likeness (QED) is 0.693. The van der Waals surface area contributed by atoms with Gasteiger partial charge in [0.15, 0.2) is 5.76 Å². The number of hydrogen-bond donors (Lipinski definition) is 3. The molecule has 0 saturated carbocycles. The van der Waals surface area contributed by atoms with Gasteiger partial charge in [0.05, 0.1) is 0 Å². The van der Waals surface area contributed by atoms with Crippen LogP contribution in [-0.4, -0.2) is 19.0 Å². The van der Waals surface area contributed by atoms with E-state index in [2.05, 4.69) is 16.0 Å². The van der Waals surface area contributed by atoms with Crippen LogP contribution in [-0.2, 0) is 0 Å². The fraction of sp³-hybridized carbons (Fsp3) is 0.0588. The molecule has 0 spiro atoms. The maximum absolute atomic E-state index is 12.3. The highest BCUT2D eigenvalue weighted by atomic mass is 16.3. The number of carbonyl (C=O) groups excluding carboxylic acids is 2. The van der Waals surface area contributed by atoms with Crippen molar-refractivity contribution in [3.8, 4) is 0 Å². The van der Waals surface area contributed by atoms with Gasteiger partial charge in [0.1, 0.15) is 5.58 Å². The molecule has 3 amide bonds. The minimum Gasteiger partial charge on any atom is -0.451 e. The number of fused-ring (bicyclic) bond motifs is 1. The average Bonchev–Trinajstić information content (AvgIpc) is 2.99. The highest BCUT2D eigenvalue weighted by Crippen LogP contribution is 2.21. The van der Waals surface area contributed by atoms with Crippen LogP contribution in [0.25, 0.3) is 11.0 Å². The molecular weight excluding hydrogens is 294 g/mol. The number of furan rings is 1. The summed E-state index contributed by atoms with van der Waals surface area (Å²) in [5.41, 5.74) is 1.80. The van der Waals surface area contributed by atoms with Gasteiger partial charge in [-0.3, -0.25) is 4.79 Å². The first-order valence-corrected chi connectivity index (χ1v) is 7.04. The largest absolute Gasteiger partial charge is 0.451 e. The van der Waals surface area contributed by atoms with Gasteiger partial charge in [-0.1, -0.05) is 24.3 Å². The average molecular weight is 309 g/mol. The van der Waals surface area contributed by atoms with Crippen molar-refractivity contribution in [2.24, 2.45) is 0 Å². The van der Waals surface area contributed by atoms with E-state index in [0.29, 0.717) is 17.0 Å². The SMILES string of the molecule is CNC(=O)Nc1cccc(NC(=O)c2cc3ccccc3o2)c1. The van der Waals surface area contributed by atoms with Crippen LogP contribution in [0.1, 0.15) is 10.6 Å². The number of hydrogen-bond acceptors (Lipinski definition) is 3. The first kappa shape index (κ1) is 14.6. The normalized spacial score (nSPS) is 10.3. The zero-order valence-corrected chi connectivity index (χ0v) is 12.4. The third-order valence-corrected chi connectivity index (χ3v) is 3.25. The molecule has 116 valence electrons. The summed E-state index contributed by atoms with van der Waals surface area (Å²) in [7, 11) is 1.53. The molecule has 0 saturated heterocycles. The van der Waals surface area contributed by atoms with Crippen molar-refractivity contribution in [3.63, 3.8) is 0 Å². The van der Waals surface area contributed by atoms with Gasteiger partial charge < -0.3 is 20.4 Å². The lowest BCUT2D eigenvalue weighted by Crippen LogP contribution is -2.24. The third kappa shape index (κ3) is 3.32. The molecule has 0 bridgehead atoms. The number of rotatable bonds is 3. The molecule has 0 aliphatic heterocycles. The molecule has 0 unspecified atom stereocenters. The van der Waals surface area contributed by atoms with Crippen molar-refractivity contribution >= 4 is 34.3 Å². The van der Waals surface area contributed by atoms with E-state index in [4.69, 9.17) is 4.42 Å². The lowest BCUT2D eigenvalue weighted by Gasteiger charge is -2.07. The molecular formula is C17H15N3O3. The maximum Gasteiger partial charge on any atom is 0.318 e. The Hall–Kier alpha value is -3.28. The van der Waals surface area contributed by atoms with Gasteiger partial charge in [0.2, 0.25) is 0 Å². The molecule has 0 atom stereocenters. The Kier molecular flexibility index (Phi) is 3.97. The predicted octanol–water partition coefficient (Wildman–Crippen LogP) is 3.44. The van der Waals surface area contributed by atoms with Gasteiger partial charge in [0.25, 0.3) is 5.91 Å². The Labute approximate surface area is 132 Å². The van der Waals surface area contributed by atoms with Crippen molar-refractivity contribution in [2.75, 3.05) is 17.7 Å².